The quantitative estimate of drug-likeness (QED) is 0.627. The van der Waals surface area contributed by atoms with Crippen LogP contribution in [0, 0.1) is 0 Å². The Labute approximate surface area is 107 Å². The summed E-state index contributed by atoms with van der Waals surface area (Å²) in [4.78, 5) is 4.05. The number of hydrogen-bond donors (Lipinski definition) is 0. The van der Waals surface area contributed by atoms with Crippen molar-refractivity contribution in [2.24, 2.45) is 0 Å². The minimum absolute atomic E-state index is 0.182. The summed E-state index contributed by atoms with van der Waals surface area (Å²) in [6, 6.07) is 8.29. The molecule has 0 atom stereocenters. The third kappa shape index (κ3) is 2.72. The van der Waals surface area contributed by atoms with Crippen molar-refractivity contribution in [3.05, 3.63) is 41.4 Å². The van der Waals surface area contributed by atoms with Crippen molar-refractivity contribution in [3.63, 3.8) is 0 Å². The number of alkyl halides is 1. The van der Waals surface area contributed by atoms with E-state index < -0.39 is 0 Å². The second-order valence-corrected chi connectivity index (χ2v) is 4.52. The van der Waals surface area contributed by atoms with Gasteiger partial charge in [-0.05, 0) is 23.6 Å². The van der Waals surface area contributed by atoms with Crippen LogP contribution in [0.3, 0.4) is 0 Å². The molecule has 0 spiro atoms. The van der Waals surface area contributed by atoms with Crippen LogP contribution in [-0.2, 0) is 6.42 Å². The Morgan fingerprint density at radius 1 is 1.27 bits per heavy atom. The van der Waals surface area contributed by atoms with Crippen LogP contribution in [0.4, 0.5) is 0 Å². The smallest absolute Gasteiger partial charge is 0.292 e. The third-order valence-corrected chi connectivity index (χ3v) is 2.82. The molecule has 1 aromatic heterocycles. The highest BCUT2D eigenvalue weighted by molar-refractivity contribution is 14.1. The molecule has 15 heavy (non-hydrogen) atoms. The Hall–Kier alpha value is -0.550. The van der Waals surface area contributed by atoms with Gasteiger partial charge in [-0.15, -0.1) is 0 Å². The molecular formula is C11H9ClINO. The van der Waals surface area contributed by atoms with E-state index in [-0.39, 0.29) is 5.35 Å². The minimum atomic E-state index is 0.182. The molecular weight excluding hydrogens is 324 g/mol. The van der Waals surface area contributed by atoms with E-state index in [2.05, 4.69) is 39.7 Å². The third-order valence-electron chi connectivity index (χ3n) is 2.11. The summed E-state index contributed by atoms with van der Waals surface area (Å²) < 4.78 is 6.08. The average molecular weight is 334 g/mol. The molecule has 0 N–H and O–H groups in total. The Kier molecular flexibility index (Phi) is 3.64. The summed E-state index contributed by atoms with van der Waals surface area (Å²) >= 11 is 7.98. The van der Waals surface area contributed by atoms with Crippen LogP contribution in [0.2, 0.25) is 5.35 Å². The van der Waals surface area contributed by atoms with E-state index >= 15 is 0 Å². The van der Waals surface area contributed by atoms with Gasteiger partial charge in [0.25, 0.3) is 5.35 Å². The van der Waals surface area contributed by atoms with Gasteiger partial charge in [-0.25, -0.2) is 0 Å². The molecule has 1 heterocycles. The molecule has 1 aromatic carbocycles. The summed E-state index contributed by atoms with van der Waals surface area (Å²) in [5, 5.41) is 0.182. The van der Waals surface area contributed by atoms with Gasteiger partial charge in [0, 0.05) is 9.99 Å². The summed E-state index contributed by atoms with van der Waals surface area (Å²) in [6.45, 7) is 0. The van der Waals surface area contributed by atoms with Crippen LogP contribution in [0.15, 0.2) is 34.9 Å². The topological polar surface area (TPSA) is 26.0 Å². The zero-order chi connectivity index (χ0) is 10.7. The fraction of sp³-hybridized carbons (Fsp3) is 0.182. The van der Waals surface area contributed by atoms with E-state index in [1.165, 1.54) is 5.56 Å². The first-order valence-electron chi connectivity index (χ1n) is 4.56. The molecule has 0 bridgehead atoms. The molecule has 0 aliphatic heterocycles. The number of halogens is 2. The van der Waals surface area contributed by atoms with Crippen molar-refractivity contribution in [2.75, 3.05) is 4.43 Å². The normalized spacial score (nSPS) is 10.5. The average Bonchev–Trinajstić information content (AvgIpc) is 2.67. The predicted molar refractivity (Wildman–Crippen MR) is 69.5 cm³/mol. The molecule has 2 nitrogen and oxygen atoms in total. The SMILES string of the molecule is Clc1nc(-c2ccc(CCI)cc2)co1. The molecule has 0 saturated heterocycles. The highest BCUT2D eigenvalue weighted by Crippen LogP contribution is 2.21. The van der Waals surface area contributed by atoms with Gasteiger partial charge in [-0.2, -0.15) is 4.98 Å². The minimum Gasteiger partial charge on any atom is -0.436 e. The van der Waals surface area contributed by atoms with Crippen LogP contribution in [0.25, 0.3) is 11.3 Å². The fourth-order valence-corrected chi connectivity index (χ4v) is 2.09. The Morgan fingerprint density at radius 3 is 2.53 bits per heavy atom. The van der Waals surface area contributed by atoms with Crippen molar-refractivity contribution in [1.82, 2.24) is 4.98 Å². The summed E-state index contributed by atoms with van der Waals surface area (Å²) in [7, 11) is 0. The molecule has 0 amide bonds. The summed E-state index contributed by atoms with van der Waals surface area (Å²) in [5.41, 5.74) is 3.15. The first-order chi connectivity index (χ1) is 7.29. The zero-order valence-electron chi connectivity index (χ0n) is 7.91. The zero-order valence-corrected chi connectivity index (χ0v) is 10.8. The van der Waals surface area contributed by atoms with Crippen molar-refractivity contribution in [2.45, 2.75) is 6.42 Å². The van der Waals surface area contributed by atoms with E-state index in [0.29, 0.717) is 0 Å². The number of hydrogen-bond acceptors (Lipinski definition) is 2. The maximum Gasteiger partial charge on any atom is 0.292 e. The number of rotatable bonds is 3. The van der Waals surface area contributed by atoms with Gasteiger partial charge in [0.05, 0.1) is 0 Å². The first kappa shape index (κ1) is 11.0. The molecule has 0 fully saturated rings. The highest BCUT2D eigenvalue weighted by atomic mass is 127. The Bertz CT molecular complexity index is 438. The van der Waals surface area contributed by atoms with Gasteiger partial charge < -0.3 is 4.42 Å². The van der Waals surface area contributed by atoms with Gasteiger partial charge in [0.2, 0.25) is 0 Å². The predicted octanol–water partition coefficient (Wildman–Crippen LogP) is 3.97. The van der Waals surface area contributed by atoms with Crippen LogP contribution >= 0.6 is 34.2 Å². The van der Waals surface area contributed by atoms with E-state index in [1.807, 2.05) is 12.1 Å². The number of aromatic nitrogens is 1. The van der Waals surface area contributed by atoms with Gasteiger partial charge in [0.1, 0.15) is 12.0 Å². The fourth-order valence-electron chi connectivity index (χ4n) is 1.34. The van der Waals surface area contributed by atoms with Crippen molar-refractivity contribution in [1.29, 1.82) is 0 Å². The van der Waals surface area contributed by atoms with Crippen LogP contribution in [-0.4, -0.2) is 9.41 Å². The second kappa shape index (κ2) is 4.99. The molecule has 2 rings (SSSR count). The molecule has 4 heteroatoms. The monoisotopic (exact) mass is 333 g/mol. The van der Waals surface area contributed by atoms with Gasteiger partial charge >= 0.3 is 0 Å². The highest BCUT2D eigenvalue weighted by Gasteiger charge is 2.03. The van der Waals surface area contributed by atoms with Crippen molar-refractivity contribution < 1.29 is 4.42 Å². The van der Waals surface area contributed by atoms with Crippen molar-refractivity contribution in [3.8, 4) is 11.3 Å². The number of nitrogens with zero attached hydrogens (tertiary/aromatic N) is 1. The van der Waals surface area contributed by atoms with E-state index in [9.17, 15) is 0 Å². The molecule has 0 saturated carbocycles. The molecule has 78 valence electrons. The van der Waals surface area contributed by atoms with Gasteiger partial charge in [-0.3, -0.25) is 0 Å². The van der Waals surface area contributed by atoms with Gasteiger partial charge in [-0.1, -0.05) is 46.9 Å². The second-order valence-electron chi connectivity index (χ2n) is 3.12. The summed E-state index contributed by atoms with van der Waals surface area (Å²) in [6.07, 6.45) is 2.66. The maximum atomic E-state index is 5.61. The Morgan fingerprint density at radius 2 is 2.00 bits per heavy atom. The molecule has 0 unspecified atom stereocenters. The van der Waals surface area contributed by atoms with Crippen molar-refractivity contribution >= 4 is 34.2 Å². The number of oxazole rings is 1. The molecule has 0 aliphatic carbocycles. The van der Waals surface area contributed by atoms with Crippen LogP contribution < -0.4 is 0 Å². The van der Waals surface area contributed by atoms with E-state index in [0.717, 1.165) is 22.1 Å². The van der Waals surface area contributed by atoms with Crippen LogP contribution in [0.1, 0.15) is 5.56 Å². The maximum absolute atomic E-state index is 5.61. The lowest BCUT2D eigenvalue weighted by molar-refractivity contribution is 0.560. The van der Waals surface area contributed by atoms with Crippen LogP contribution in [0.5, 0.6) is 0 Å². The largest absolute Gasteiger partial charge is 0.436 e. The molecule has 0 radical (unpaired) electrons. The molecule has 0 aliphatic rings. The summed E-state index contributed by atoms with van der Waals surface area (Å²) in [5.74, 6) is 0. The van der Waals surface area contributed by atoms with E-state index in [4.69, 9.17) is 16.0 Å². The van der Waals surface area contributed by atoms with Gasteiger partial charge in [0.15, 0.2) is 0 Å². The lowest BCUT2D eigenvalue weighted by atomic mass is 10.1. The number of benzene rings is 1. The molecule has 2 aromatic rings. The standard InChI is InChI=1S/C11H9ClINO/c12-11-14-10(7-15-11)9-3-1-8(2-4-9)5-6-13/h1-4,7H,5-6H2. The first-order valence-corrected chi connectivity index (χ1v) is 6.46. The lowest BCUT2D eigenvalue weighted by Gasteiger charge is -1.99. The van der Waals surface area contributed by atoms with E-state index in [1.54, 1.807) is 6.26 Å². The lowest BCUT2D eigenvalue weighted by Crippen LogP contribution is -1.85. The number of aryl methyl sites for hydroxylation is 1. The Balaban J connectivity index is 2.23.